The van der Waals surface area contributed by atoms with E-state index in [1.807, 2.05) is 24.3 Å². The van der Waals surface area contributed by atoms with Crippen LogP contribution in [0.4, 0.5) is 0 Å². The zero-order chi connectivity index (χ0) is 13.3. The Morgan fingerprint density at radius 2 is 1.59 bits per heavy atom. The maximum absolute atomic E-state index is 9.44. The van der Waals surface area contributed by atoms with Crippen LogP contribution in [0.25, 0.3) is 0 Å². The molecule has 0 aromatic heterocycles. The molecule has 1 aromatic rings. The molecule has 0 amide bonds. The lowest BCUT2D eigenvalue weighted by Gasteiger charge is -2.36. The quantitative estimate of drug-likeness (QED) is 0.820. The number of aliphatic hydroxyl groups is 1. The van der Waals surface area contributed by atoms with E-state index in [2.05, 4.69) is 33.9 Å². The summed E-state index contributed by atoms with van der Waals surface area (Å²) in [5.74, 6) is 0.904. The molecule has 0 aliphatic carbocycles. The molecular formula is C14H24O2Si. The van der Waals surface area contributed by atoms with Crippen LogP contribution >= 0.6 is 0 Å². The minimum absolute atomic E-state index is 0.204. The maximum atomic E-state index is 9.44. The van der Waals surface area contributed by atoms with Crippen molar-refractivity contribution in [3.63, 3.8) is 0 Å². The van der Waals surface area contributed by atoms with E-state index in [9.17, 15) is 5.11 Å². The minimum atomic E-state index is -1.75. The predicted molar refractivity (Wildman–Crippen MR) is 74.9 cm³/mol. The first-order valence-electron chi connectivity index (χ1n) is 6.10. The Labute approximate surface area is 106 Å². The molecule has 0 bridgehead atoms. The van der Waals surface area contributed by atoms with Gasteiger partial charge in [-0.1, -0.05) is 32.9 Å². The minimum Gasteiger partial charge on any atom is -0.544 e. The highest BCUT2D eigenvalue weighted by Crippen LogP contribution is 2.37. The van der Waals surface area contributed by atoms with E-state index in [-0.39, 0.29) is 5.04 Å². The summed E-state index contributed by atoms with van der Waals surface area (Å²) in [4.78, 5) is 0. The van der Waals surface area contributed by atoms with Gasteiger partial charge in [0.1, 0.15) is 5.75 Å². The van der Waals surface area contributed by atoms with Gasteiger partial charge in [-0.05, 0) is 42.8 Å². The normalized spacial score (nSPS) is 14.5. The number of rotatable bonds is 3. The molecule has 0 aliphatic rings. The summed E-state index contributed by atoms with van der Waals surface area (Å²) < 4.78 is 6.16. The first-order chi connectivity index (χ1) is 7.63. The number of hydrogen-bond donors (Lipinski definition) is 1. The van der Waals surface area contributed by atoms with Crippen LogP contribution in [0, 0.1) is 0 Å². The molecule has 2 nitrogen and oxygen atoms in total. The van der Waals surface area contributed by atoms with Crippen LogP contribution < -0.4 is 4.43 Å². The summed E-state index contributed by atoms with van der Waals surface area (Å²) in [5.41, 5.74) is 0.924. The van der Waals surface area contributed by atoms with Crippen LogP contribution in [-0.4, -0.2) is 13.4 Å². The summed E-state index contributed by atoms with van der Waals surface area (Å²) in [6.07, 6.45) is -0.420. The lowest BCUT2D eigenvalue weighted by Crippen LogP contribution is -2.43. The van der Waals surface area contributed by atoms with Crippen LogP contribution in [0.2, 0.25) is 18.1 Å². The Hall–Kier alpha value is -0.803. The van der Waals surface area contributed by atoms with Crippen LogP contribution in [0.5, 0.6) is 5.75 Å². The third-order valence-electron chi connectivity index (χ3n) is 3.54. The van der Waals surface area contributed by atoms with E-state index < -0.39 is 14.4 Å². The van der Waals surface area contributed by atoms with E-state index in [1.165, 1.54) is 0 Å². The molecular weight excluding hydrogens is 228 g/mol. The highest BCUT2D eigenvalue weighted by atomic mass is 28.4. The van der Waals surface area contributed by atoms with Crippen molar-refractivity contribution in [2.24, 2.45) is 0 Å². The van der Waals surface area contributed by atoms with Gasteiger partial charge in [0, 0.05) is 0 Å². The third kappa shape index (κ3) is 3.58. The molecule has 0 fully saturated rings. The molecule has 3 heteroatoms. The molecule has 0 aliphatic heterocycles. The first-order valence-corrected chi connectivity index (χ1v) is 9.01. The lowest BCUT2D eigenvalue weighted by atomic mass is 10.1. The van der Waals surface area contributed by atoms with Crippen molar-refractivity contribution in [3.05, 3.63) is 29.8 Å². The van der Waals surface area contributed by atoms with Crippen molar-refractivity contribution in [3.8, 4) is 5.75 Å². The average molecular weight is 252 g/mol. The lowest BCUT2D eigenvalue weighted by molar-refractivity contribution is 0.199. The summed E-state index contributed by atoms with van der Waals surface area (Å²) in [6.45, 7) is 12.9. The number of benzene rings is 1. The Kier molecular flexibility index (Phi) is 4.05. The Bertz CT molecular complexity index is 361. The molecule has 0 spiro atoms. The molecule has 0 saturated heterocycles. The van der Waals surface area contributed by atoms with E-state index in [0.717, 1.165) is 11.3 Å². The van der Waals surface area contributed by atoms with E-state index in [4.69, 9.17) is 4.43 Å². The molecule has 1 atom stereocenters. The average Bonchev–Trinajstić information content (AvgIpc) is 2.16. The summed E-state index contributed by atoms with van der Waals surface area (Å²) >= 11 is 0. The van der Waals surface area contributed by atoms with Crippen LogP contribution in [-0.2, 0) is 0 Å². The molecule has 0 radical (unpaired) electrons. The summed E-state index contributed by atoms with van der Waals surface area (Å²) in [7, 11) is -1.75. The van der Waals surface area contributed by atoms with E-state index in [1.54, 1.807) is 6.92 Å². The third-order valence-corrected chi connectivity index (χ3v) is 7.90. The van der Waals surface area contributed by atoms with Gasteiger partial charge in [0.15, 0.2) is 0 Å². The van der Waals surface area contributed by atoms with Gasteiger partial charge in [0.2, 0.25) is 8.32 Å². The van der Waals surface area contributed by atoms with Gasteiger partial charge in [-0.15, -0.1) is 0 Å². The van der Waals surface area contributed by atoms with Gasteiger partial charge in [-0.25, -0.2) is 0 Å². The summed E-state index contributed by atoms with van der Waals surface area (Å²) in [6, 6.07) is 7.74. The van der Waals surface area contributed by atoms with Crippen molar-refractivity contribution in [2.45, 2.75) is 51.9 Å². The monoisotopic (exact) mass is 252 g/mol. The van der Waals surface area contributed by atoms with Gasteiger partial charge in [0.25, 0.3) is 0 Å². The van der Waals surface area contributed by atoms with Gasteiger partial charge in [0.05, 0.1) is 6.10 Å². The van der Waals surface area contributed by atoms with Crippen molar-refractivity contribution in [1.29, 1.82) is 0 Å². The van der Waals surface area contributed by atoms with Crippen molar-refractivity contribution < 1.29 is 9.53 Å². The fourth-order valence-corrected chi connectivity index (χ4v) is 2.29. The largest absolute Gasteiger partial charge is 0.544 e. The zero-order valence-corrected chi connectivity index (χ0v) is 12.7. The van der Waals surface area contributed by atoms with Crippen LogP contribution in [0.1, 0.15) is 39.4 Å². The van der Waals surface area contributed by atoms with E-state index in [0.29, 0.717) is 0 Å². The molecule has 0 heterocycles. The molecule has 1 N–H and O–H groups in total. The fraction of sp³-hybridized carbons (Fsp3) is 0.571. The predicted octanol–water partition coefficient (Wildman–Crippen LogP) is 4.12. The van der Waals surface area contributed by atoms with Gasteiger partial charge < -0.3 is 9.53 Å². The molecule has 1 rings (SSSR count). The number of aliphatic hydroxyl groups excluding tert-OH is 1. The topological polar surface area (TPSA) is 29.5 Å². The Morgan fingerprint density at radius 3 is 1.94 bits per heavy atom. The highest BCUT2D eigenvalue weighted by molar-refractivity contribution is 6.74. The zero-order valence-electron chi connectivity index (χ0n) is 11.7. The van der Waals surface area contributed by atoms with Gasteiger partial charge in [-0.2, -0.15) is 0 Å². The van der Waals surface area contributed by atoms with E-state index >= 15 is 0 Å². The fourth-order valence-electron chi connectivity index (χ4n) is 1.26. The smallest absolute Gasteiger partial charge is 0.250 e. The van der Waals surface area contributed by atoms with Crippen molar-refractivity contribution in [2.75, 3.05) is 0 Å². The van der Waals surface area contributed by atoms with Crippen LogP contribution in [0.15, 0.2) is 24.3 Å². The van der Waals surface area contributed by atoms with Gasteiger partial charge >= 0.3 is 0 Å². The van der Waals surface area contributed by atoms with Crippen molar-refractivity contribution >= 4 is 8.32 Å². The molecule has 1 unspecified atom stereocenters. The highest BCUT2D eigenvalue weighted by Gasteiger charge is 2.38. The maximum Gasteiger partial charge on any atom is 0.250 e. The Morgan fingerprint density at radius 1 is 1.12 bits per heavy atom. The second kappa shape index (κ2) is 4.82. The SMILES string of the molecule is CC(O)c1ccc(O[Si](C)(C)C(C)(C)C)cc1. The van der Waals surface area contributed by atoms with Gasteiger partial charge in [-0.3, -0.25) is 0 Å². The standard InChI is InChI=1S/C14H24O2Si/c1-11(15)12-7-9-13(10-8-12)16-17(5,6)14(2,3)4/h7-11,15H,1-6H3. The molecule has 1 aromatic carbocycles. The first kappa shape index (κ1) is 14.3. The van der Waals surface area contributed by atoms with Crippen LogP contribution in [0.3, 0.4) is 0 Å². The number of hydrogen-bond acceptors (Lipinski definition) is 2. The Balaban J connectivity index is 2.83. The second-order valence-electron chi connectivity index (χ2n) is 6.11. The molecule has 96 valence electrons. The summed E-state index contributed by atoms with van der Waals surface area (Å²) in [5, 5.41) is 9.65. The second-order valence-corrected chi connectivity index (χ2v) is 10.8. The van der Waals surface area contributed by atoms with Crippen molar-refractivity contribution in [1.82, 2.24) is 0 Å². The molecule has 17 heavy (non-hydrogen) atoms. The molecule has 0 saturated carbocycles.